The van der Waals surface area contributed by atoms with Gasteiger partial charge in [0, 0.05) is 18.3 Å². The Hall–Kier alpha value is -2.69. The van der Waals surface area contributed by atoms with Crippen LogP contribution in [-0.2, 0) is 4.79 Å². The molecule has 2 aromatic heterocycles. The minimum absolute atomic E-state index is 0.0761. The van der Waals surface area contributed by atoms with Crippen LogP contribution in [0.2, 0.25) is 0 Å². The fourth-order valence-corrected chi connectivity index (χ4v) is 2.62. The van der Waals surface area contributed by atoms with Gasteiger partial charge in [-0.25, -0.2) is 9.37 Å². The Bertz CT molecular complexity index is 824. The van der Waals surface area contributed by atoms with Crippen LogP contribution < -0.4 is 0 Å². The third-order valence-electron chi connectivity index (χ3n) is 3.71. The van der Waals surface area contributed by atoms with Gasteiger partial charge in [-0.3, -0.25) is 4.79 Å². The molecule has 0 radical (unpaired) electrons. The predicted octanol–water partition coefficient (Wildman–Crippen LogP) is 3.39. The van der Waals surface area contributed by atoms with Gasteiger partial charge in [-0.1, -0.05) is 12.1 Å². The third-order valence-corrected chi connectivity index (χ3v) is 3.71. The van der Waals surface area contributed by atoms with Crippen LogP contribution in [0.3, 0.4) is 0 Å². The van der Waals surface area contributed by atoms with Gasteiger partial charge < -0.3 is 9.51 Å². The second kappa shape index (κ2) is 5.60. The summed E-state index contributed by atoms with van der Waals surface area (Å²) in [4.78, 5) is 15.6. The molecule has 3 aromatic rings. The van der Waals surface area contributed by atoms with Crippen molar-refractivity contribution in [3.63, 3.8) is 0 Å². The monoisotopic (exact) mass is 298 g/mol. The molecule has 5 heteroatoms. The number of aryl methyl sites for hydroxylation is 1. The number of rotatable bonds is 4. The fraction of sp³-hybridized carbons (Fsp3) is 0.176. The van der Waals surface area contributed by atoms with Gasteiger partial charge in [0.05, 0.1) is 12.1 Å². The van der Waals surface area contributed by atoms with E-state index in [9.17, 15) is 14.3 Å². The summed E-state index contributed by atoms with van der Waals surface area (Å²) in [5.41, 5.74) is 3.39. The van der Waals surface area contributed by atoms with E-state index in [-0.39, 0.29) is 18.2 Å². The molecule has 3 rings (SSSR count). The molecule has 4 nitrogen and oxygen atoms in total. The van der Waals surface area contributed by atoms with E-state index < -0.39 is 5.97 Å². The van der Waals surface area contributed by atoms with E-state index in [0.717, 1.165) is 22.5 Å². The second-order valence-corrected chi connectivity index (χ2v) is 5.32. The van der Waals surface area contributed by atoms with Crippen LogP contribution in [0.5, 0.6) is 0 Å². The number of hydrogen-bond acceptors (Lipinski definition) is 2. The number of carboxylic acids is 1. The minimum atomic E-state index is -0.906. The molecule has 22 heavy (non-hydrogen) atoms. The number of aromatic nitrogens is 2. The number of carbonyl (C=O) groups is 1. The normalized spacial score (nSPS) is 12.5. The zero-order valence-corrected chi connectivity index (χ0v) is 12.0. The van der Waals surface area contributed by atoms with E-state index in [1.54, 1.807) is 18.3 Å². The summed E-state index contributed by atoms with van der Waals surface area (Å²) < 4.78 is 15.0. The Balaban J connectivity index is 2.11. The summed E-state index contributed by atoms with van der Waals surface area (Å²) in [6, 6.07) is 9.81. The van der Waals surface area contributed by atoms with Crippen LogP contribution in [0.1, 0.15) is 29.2 Å². The van der Waals surface area contributed by atoms with E-state index in [4.69, 9.17) is 0 Å². The van der Waals surface area contributed by atoms with Crippen molar-refractivity contribution in [2.45, 2.75) is 19.3 Å². The molecule has 0 bridgehead atoms. The van der Waals surface area contributed by atoms with Crippen molar-refractivity contribution < 1.29 is 14.3 Å². The number of hydrogen-bond donors (Lipinski definition) is 1. The molecule has 2 heterocycles. The van der Waals surface area contributed by atoms with Crippen molar-refractivity contribution in [2.75, 3.05) is 0 Å². The summed E-state index contributed by atoms with van der Waals surface area (Å²) in [6.45, 7) is 1.98. The molecule has 112 valence electrons. The zero-order chi connectivity index (χ0) is 15.7. The zero-order valence-electron chi connectivity index (χ0n) is 12.0. The minimum Gasteiger partial charge on any atom is -0.481 e. The standard InChI is InChI=1S/C17H15FN2O2/c1-11-6-7-20-15(10-19-16(20)8-11)14(9-17(21)22)12-2-4-13(18)5-3-12/h2-8,10,14H,9H2,1H3,(H,21,22). The van der Waals surface area contributed by atoms with Gasteiger partial charge >= 0.3 is 5.97 Å². The number of halogens is 1. The van der Waals surface area contributed by atoms with E-state index in [2.05, 4.69) is 4.98 Å². The van der Waals surface area contributed by atoms with Crippen LogP contribution in [0.15, 0.2) is 48.8 Å². The van der Waals surface area contributed by atoms with Crippen LogP contribution in [-0.4, -0.2) is 20.5 Å². The number of benzene rings is 1. The first-order valence-corrected chi connectivity index (χ1v) is 6.95. The number of aliphatic carboxylic acids is 1. The summed E-state index contributed by atoms with van der Waals surface area (Å²) >= 11 is 0. The summed E-state index contributed by atoms with van der Waals surface area (Å²) in [5.74, 6) is -1.63. The first-order chi connectivity index (χ1) is 10.5. The number of pyridine rings is 1. The molecule has 0 aliphatic rings. The molecular weight excluding hydrogens is 283 g/mol. The molecular formula is C17H15FN2O2. The maximum absolute atomic E-state index is 13.1. The van der Waals surface area contributed by atoms with Crippen LogP contribution in [0.25, 0.3) is 5.65 Å². The topological polar surface area (TPSA) is 54.6 Å². The lowest BCUT2D eigenvalue weighted by molar-refractivity contribution is -0.137. The molecule has 0 fully saturated rings. The molecule has 0 saturated carbocycles. The maximum Gasteiger partial charge on any atom is 0.304 e. The Morgan fingerprint density at radius 1 is 1.32 bits per heavy atom. The number of fused-ring (bicyclic) bond motifs is 1. The molecule has 1 N–H and O–H groups in total. The van der Waals surface area contributed by atoms with Gasteiger partial charge in [-0.15, -0.1) is 0 Å². The Morgan fingerprint density at radius 2 is 2.05 bits per heavy atom. The van der Waals surface area contributed by atoms with Crippen molar-refractivity contribution in [3.05, 3.63) is 71.4 Å². The average molecular weight is 298 g/mol. The SMILES string of the molecule is Cc1ccn2c(C(CC(=O)O)c3ccc(F)cc3)cnc2c1. The predicted molar refractivity (Wildman–Crippen MR) is 80.4 cm³/mol. The highest BCUT2D eigenvalue weighted by molar-refractivity contribution is 5.69. The van der Waals surface area contributed by atoms with Crippen molar-refractivity contribution in [2.24, 2.45) is 0 Å². The third kappa shape index (κ3) is 2.70. The highest BCUT2D eigenvalue weighted by Gasteiger charge is 2.21. The molecule has 1 aromatic carbocycles. The second-order valence-electron chi connectivity index (χ2n) is 5.32. The first-order valence-electron chi connectivity index (χ1n) is 6.95. The van der Waals surface area contributed by atoms with Gasteiger partial charge in [-0.2, -0.15) is 0 Å². The molecule has 1 unspecified atom stereocenters. The Kier molecular flexibility index (Phi) is 3.63. The molecule has 0 aliphatic heterocycles. The van der Waals surface area contributed by atoms with Crippen molar-refractivity contribution in [3.8, 4) is 0 Å². The smallest absolute Gasteiger partial charge is 0.304 e. The van der Waals surface area contributed by atoms with Crippen molar-refractivity contribution in [1.29, 1.82) is 0 Å². The summed E-state index contributed by atoms with van der Waals surface area (Å²) in [5, 5.41) is 9.21. The van der Waals surface area contributed by atoms with Crippen LogP contribution in [0, 0.1) is 12.7 Å². The van der Waals surface area contributed by atoms with Crippen LogP contribution >= 0.6 is 0 Å². The number of imidazole rings is 1. The lowest BCUT2D eigenvalue weighted by Gasteiger charge is -2.15. The summed E-state index contributed by atoms with van der Waals surface area (Å²) in [6.07, 6.45) is 3.49. The fourth-order valence-electron chi connectivity index (χ4n) is 2.62. The maximum atomic E-state index is 13.1. The van der Waals surface area contributed by atoms with Crippen molar-refractivity contribution >= 4 is 11.6 Å². The van der Waals surface area contributed by atoms with Gasteiger partial charge in [0.2, 0.25) is 0 Å². The molecule has 0 aliphatic carbocycles. The largest absolute Gasteiger partial charge is 0.481 e. The van der Waals surface area contributed by atoms with E-state index in [1.165, 1.54) is 12.1 Å². The van der Waals surface area contributed by atoms with Gasteiger partial charge in [0.15, 0.2) is 0 Å². The average Bonchev–Trinajstić information content (AvgIpc) is 2.88. The lowest BCUT2D eigenvalue weighted by Crippen LogP contribution is -2.10. The van der Waals surface area contributed by atoms with E-state index >= 15 is 0 Å². The van der Waals surface area contributed by atoms with Gasteiger partial charge in [0.1, 0.15) is 11.5 Å². The van der Waals surface area contributed by atoms with E-state index in [1.807, 2.05) is 29.7 Å². The van der Waals surface area contributed by atoms with Gasteiger partial charge in [-0.05, 0) is 42.3 Å². The number of nitrogens with zero attached hydrogens (tertiary/aromatic N) is 2. The molecule has 0 saturated heterocycles. The Labute approximate surface area is 126 Å². The summed E-state index contributed by atoms with van der Waals surface area (Å²) in [7, 11) is 0. The Morgan fingerprint density at radius 3 is 2.73 bits per heavy atom. The molecule has 0 amide bonds. The first kappa shape index (κ1) is 14.3. The molecule has 0 spiro atoms. The van der Waals surface area contributed by atoms with Gasteiger partial charge in [0.25, 0.3) is 0 Å². The highest BCUT2D eigenvalue weighted by Crippen LogP contribution is 2.29. The van der Waals surface area contributed by atoms with E-state index in [0.29, 0.717) is 0 Å². The van der Waals surface area contributed by atoms with Crippen molar-refractivity contribution in [1.82, 2.24) is 9.38 Å². The lowest BCUT2D eigenvalue weighted by atomic mass is 9.93. The van der Waals surface area contributed by atoms with Crippen LogP contribution in [0.4, 0.5) is 4.39 Å². The number of carboxylic acid groups (broad SMARTS) is 1. The molecule has 1 atom stereocenters. The highest BCUT2D eigenvalue weighted by atomic mass is 19.1. The quantitative estimate of drug-likeness (QED) is 0.803.